The van der Waals surface area contributed by atoms with Crippen molar-refractivity contribution in [2.24, 2.45) is 4.99 Å². The van der Waals surface area contributed by atoms with E-state index < -0.39 is 0 Å². The molecule has 7 heavy (non-hydrogen) atoms. The smallest absolute Gasteiger partial charge is 0.0649 e. The van der Waals surface area contributed by atoms with Crippen molar-refractivity contribution in [3.05, 3.63) is 12.3 Å². The van der Waals surface area contributed by atoms with Crippen LogP contribution in [0.3, 0.4) is 0 Å². The molecule has 0 saturated heterocycles. The summed E-state index contributed by atoms with van der Waals surface area (Å²) in [7, 11) is 0. The van der Waals surface area contributed by atoms with Crippen LogP contribution in [-0.4, -0.2) is 11.0 Å². The molecule has 0 amide bonds. The lowest BCUT2D eigenvalue weighted by molar-refractivity contribution is 1.36. The number of allylic oxidation sites excluding steroid dienone is 1. The number of aliphatic imine (C=N–C) groups is 1. The largest absolute Gasteiger partial charge is 0.199 e. The van der Waals surface area contributed by atoms with Crippen molar-refractivity contribution >= 4 is 29.0 Å². The van der Waals surface area contributed by atoms with Gasteiger partial charge in [-0.3, -0.25) is 0 Å². The highest BCUT2D eigenvalue weighted by atomic mass is 35.5. The summed E-state index contributed by atoms with van der Waals surface area (Å²) in [4.78, 5) is 3.48. The van der Waals surface area contributed by atoms with Gasteiger partial charge in [0, 0.05) is 0 Å². The lowest BCUT2D eigenvalue weighted by atomic mass is 10.6. The minimum atomic E-state index is 0.323. The highest BCUT2D eigenvalue weighted by Crippen LogP contribution is 1.91. The lowest BCUT2D eigenvalue weighted by Gasteiger charge is -1.80. The van der Waals surface area contributed by atoms with Crippen LogP contribution in [0.1, 0.15) is 0 Å². The van der Waals surface area contributed by atoms with Gasteiger partial charge in [0.25, 0.3) is 0 Å². The lowest BCUT2D eigenvalue weighted by Crippen LogP contribution is -1.71. The van der Waals surface area contributed by atoms with Crippen molar-refractivity contribution in [2.75, 3.05) is 5.88 Å². The zero-order chi connectivity index (χ0) is 5.70. The predicted octanol–water partition coefficient (Wildman–Crippen LogP) is 1.84. The third-order valence-electron chi connectivity index (χ3n) is 0.358. The third kappa shape index (κ3) is 3.67. The first-order chi connectivity index (χ1) is 3.31. The molecule has 0 atom stereocenters. The van der Waals surface area contributed by atoms with Gasteiger partial charge in [-0.05, 0) is 12.2 Å². The average Bonchev–Trinajstić information content (AvgIpc) is 1.68. The fourth-order valence-corrected chi connectivity index (χ4v) is 0.283. The molecular weight excluding hydrogens is 130 g/mol. The summed E-state index contributed by atoms with van der Waals surface area (Å²) in [6, 6.07) is 0. The number of thiocarbonyl (C=S) groups is 1. The molecule has 0 bridgehead atoms. The van der Waals surface area contributed by atoms with E-state index in [1.807, 2.05) is 0 Å². The van der Waals surface area contributed by atoms with E-state index in [0.717, 1.165) is 0 Å². The van der Waals surface area contributed by atoms with Gasteiger partial charge in [-0.25, -0.2) is 0 Å². The molecule has 0 aromatic carbocycles. The van der Waals surface area contributed by atoms with Crippen molar-refractivity contribution in [3.63, 3.8) is 0 Å². The fourth-order valence-electron chi connectivity index (χ4n) is 0.0944. The Morgan fingerprint density at radius 3 is 2.71 bits per heavy atom. The molecule has 1 nitrogen and oxygen atoms in total. The summed E-state index contributed by atoms with van der Waals surface area (Å²) >= 11 is 9.51. The maximum atomic E-state index is 5.25. The molecule has 0 heterocycles. The molecule has 0 saturated carbocycles. The number of nitrogens with zero attached hydrogens (tertiary/aromatic N) is 1. The van der Waals surface area contributed by atoms with Crippen LogP contribution >= 0.6 is 23.8 Å². The Bertz CT molecular complexity index is 115. The zero-order valence-corrected chi connectivity index (χ0v) is 5.22. The minimum absolute atomic E-state index is 0.323. The highest BCUT2D eigenvalue weighted by Gasteiger charge is 1.78. The van der Waals surface area contributed by atoms with Crippen LogP contribution in [0.2, 0.25) is 0 Å². The molecule has 0 aromatic heterocycles. The van der Waals surface area contributed by atoms with Crippen LogP contribution in [0.4, 0.5) is 0 Å². The third-order valence-corrected chi connectivity index (χ3v) is 0.758. The normalized spacial score (nSPS) is 7.00. The number of rotatable bonds is 2. The molecule has 3 heteroatoms. The Hall–Kier alpha value is -0.170. The number of hydrogen-bond donors (Lipinski definition) is 0. The van der Waals surface area contributed by atoms with Crippen LogP contribution < -0.4 is 0 Å². The second-order valence-electron chi connectivity index (χ2n) is 0.903. The van der Waals surface area contributed by atoms with E-state index in [0.29, 0.717) is 11.6 Å². The monoisotopic (exact) mass is 133 g/mol. The maximum absolute atomic E-state index is 5.25. The van der Waals surface area contributed by atoms with Gasteiger partial charge in [0.15, 0.2) is 0 Å². The fraction of sp³-hybridized carbons (Fsp3) is 0.250. The van der Waals surface area contributed by atoms with Gasteiger partial charge in [0.05, 0.1) is 16.7 Å². The van der Waals surface area contributed by atoms with E-state index in [1.54, 1.807) is 0 Å². The van der Waals surface area contributed by atoms with Crippen molar-refractivity contribution in [1.82, 2.24) is 0 Å². The first-order valence-corrected chi connectivity index (χ1v) is 2.57. The molecule has 38 valence electrons. The molecule has 0 aliphatic carbocycles. The van der Waals surface area contributed by atoms with Crippen LogP contribution in [0.25, 0.3) is 0 Å². The molecule has 0 spiro atoms. The zero-order valence-electron chi connectivity index (χ0n) is 3.65. The van der Waals surface area contributed by atoms with Crippen molar-refractivity contribution in [3.8, 4) is 0 Å². The Balaban J connectivity index is 3.58. The topological polar surface area (TPSA) is 12.4 Å². The first kappa shape index (κ1) is 6.83. The first-order valence-electron chi connectivity index (χ1n) is 1.63. The van der Waals surface area contributed by atoms with Crippen LogP contribution in [0.15, 0.2) is 17.3 Å². The highest BCUT2D eigenvalue weighted by molar-refractivity contribution is 7.78. The van der Waals surface area contributed by atoms with Gasteiger partial charge in [-0.1, -0.05) is 6.58 Å². The summed E-state index contributed by atoms with van der Waals surface area (Å²) in [6.45, 7) is 3.44. The molecule has 0 N–H and O–H groups in total. The quantitative estimate of drug-likeness (QED) is 0.318. The minimum Gasteiger partial charge on any atom is -0.199 e. The molecule has 0 aromatic rings. The van der Waals surface area contributed by atoms with E-state index in [4.69, 9.17) is 11.6 Å². The average molecular weight is 134 g/mol. The number of isothiocyanates is 1. The summed E-state index contributed by atoms with van der Waals surface area (Å²) in [5, 5.41) is 2.14. The van der Waals surface area contributed by atoms with E-state index in [2.05, 4.69) is 29.0 Å². The van der Waals surface area contributed by atoms with Crippen LogP contribution in [0.5, 0.6) is 0 Å². The van der Waals surface area contributed by atoms with E-state index in [1.165, 1.54) is 0 Å². The second-order valence-corrected chi connectivity index (χ2v) is 1.35. The maximum Gasteiger partial charge on any atom is 0.0649 e. The van der Waals surface area contributed by atoms with Crippen molar-refractivity contribution in [1.29, 1.82) is 0 Å². The molecule has 0 radical (unpaired) electrons. The van der Waals surface area contributed by atoms with Gasteiger partial charge < -0.3 is 0 Å². The Labute approximate surface area is 52.7 Å². The SMILES string of the molecule is C=C(CCl)N=C=S. The van der Waals surface area contributed by atoms with Gasteiger partial charge in [-0.15, -0.1) is 11.6 Å². The van der Waals surface area contributed by atoms with Crippen LogP contribution in [-0.2, 0) is 0 Å². The van der Waals surface area contributed by atoms with Gasteiger partial charge >= 0.3 is 0 Å². The summed E-state index contributed by atoms with van der Waals surface area (Å²) in [6.07, 6.45) is 0. The van der Waals surface area contributed by atoms with Gasteiger partial charge in [-0.2, -0.15) is 4.99 Å². The van der Waals surface area contributed by atoms with Gasteiger partial charge in [0.2, 0.25) is 0 Å². The number of alkyl halides is 1. The van der Waals surface area contributed by atoms with E-state index in [-0.39, 0.29) is 0 Å². The predicted molar refractivity (Wildman–Crippen MR) is 34.9 cm³/mol. The van der Waals surface area contributed by atoms with Crippen molar-refractivity contribution < 1.29 is 0 Å². The molecular formula is C4H4ClNS. The molecule has 0 rings (SSSR count). The van der Waals surface area contributed by atoms with E-state index in [9.17, 15) is 0 Å². The molecule has 0 aliphatic heterocycles. The Morgan fingerprint density at radius 2 is 2.57 bits per heavy atom. The van der Waals surface area contributed by atoms with Gasteiger partial charge in [0.1, 0.15) is 0 Å². The summed E-state index contributed by atoms with van der Waals surface area (Å²) in [5.41, 5.74) is 0.552. The van der Waals surface area contributed by atoms with E-state index >= 15 is 0 Å². The Kier molecular flexibility index (Phi) is 3.90. The molecule has 0 unspecified atom stereocenters. The van der Waals surface area contributed by atoms with Crippen molar-refractivity contribution in [2.45, 2.75) is 0 Å². The molecule has 0 fully saturated rings. The number of halogens is 1. The number of hydrogen-bond acceptors (Lipinski definition) is 2. The standard InChI is InChI=1S/C4H4ClNS/c1-4(2-5)6-3-7/h1-2H2. The summed E-state index contributed by atoms with van der Waals surface area (Å²) < 4.78 is 0. The second kappa shape index (κ2) is 4.00. The molecule has 0 aliphatic rings. The summed E-state index contributed by atoms with van der Waals surface area (Å²) in [5.74, 6) is 0.323. The van der Waals surface area contributed by atoms with Crippen LogP contribution in [0, 0.1) is 0 Å². The Morgan fingerprint density at radius 1 is 2.00 bits per heavy atom.